The molecule has 1 aromatic heterocycles. The molecule has 1 fully saturated rings. The van der Waals surface area contributed by atoms with E-state index in [1.54, 1.807) is 19.4 Å². The number of hydrogen-bond donors (Lipinski definition) is 2. The molecule has 0 unspecified atom stereocenters. The average molecular weight is 446 g/mol. The Labute approximate surface area is 184 Å². The molecule has 2 heterocycles. The third kappa shape index (κ3) is 6.63. The van der Waals surface area contributed by atoms with E-state index in [0.29, 0.717) is 6.54 Å². The Morgan fingerprint density at radius 2 is 1.71 bits per heavy atom. The maximum absolute atomic E-state index is 12.4. The van der Waals surface area contributed by atoms with Crippen LogP contribution in [0, 0.1) is 0 Å². The van der Waals surface area contributed by atoms with Crippen LogP contribution in [-0.2, 0) is 22.3 Å². The number of guanidine groups is 1. The number of anilines is 1. The molecule has 1 aliphatic rings. The van der Waals surface area contributed by atoms with Gasteiger partial charge in [-0.2, -0.15) is 0 Å². The molecule has 0 spiro atoms. The van der Waals surface area contributed by atoms with E-state index in [9.17, 15) is 8.42 Å². The first-order valence-corrected chi connectivity index (χ1v) is 12.1. The number of piperazine rings is 1. The van der Waals surface area contributed by atoms with Crippen molar-refractivity contribution in [2.75, 3.05) is 38.1 Å². The van der Waals surface area contributed by atoms with E-state index in [1.165, 1.54) is 0 Å². The first-order valence-electron chi connectivity index (χ1n) is 10.4. The van der Waals surface area contributed by atoms with Crippen LogP contribution in [0.4, 0.5) is 5.95 Å². The van der Waals surface area contributed by atoms with Crippen LogP contribution in [0.2, 0.25) is 0 Å². The number of benzene rings is 1. The summed E-state index contributed by atoms with van der Waals surface area (Å²) in [6.07, 6.45) is 3.51. The predicted octanol–water partition coefficient (Wildman–Crippen LogP) is 1.20. The molecule has 0 atom stereocenters. The van der Waals surface area contributed by atoms with Crippen molar-refractivity contribution in [1.82, 2.24) is 24.9 Å². The fourth-order valence-electron chi connectivity index (χ4n) is 3.56. The number of sulfonamides is 1. The lowest BCUT2D eigenvalue weighted by Gasteiger charge is -2.36. The third-order valence-electron chi connectivity index (χ3n) is 4.94. The number of rotatable bonds is 7. The molecule has 9 nitrogen and oxygen atoms in total. The van der Waals surface area contributed by atoms with E-state index in [2.05, 4.69) is 34.8 Å². The zero-order valence-electron chi connectivity index (χ0n) is 18.3. The number of aliphatic imine (C=N–C) groups is 1. The molecule has 1 aliphatic heterocycles. The molecule has 1 aromatic carbocycles. The Hall–Kier alpha value is -2.72. The first-order chi connectivity index (χ1) is 14.9. The molecule has 1 saturated heterocycles. The van der Waals surface area contributed by atoms with Gasteiger partial charge in [0.2, 0.25) is 16.0 Å². The summed E-state index contributed by atoms with van der Waals surface area (Å²) in [4.78, 5) is 17.4. The highest BCUT2D eigenvalue weighted by Crippen LogP contribution is 2.14. The van der Waals surface area contributed by atoms with Gasteiger partial charge in [0, 0.05) is 58.2 Å². The van der Waals surface area contributed by atoms with Crippen LogP contribution in [0.1, 0.15) is 25.0 Å². The minimum absolute atomic E-state index is 0.0443. The fourth-order valence-corrected chi connectivity index (χ4v) is 5.05. The summed E-state index contributed by atoms with van der Waals surface area (Å²) >= 11 is 0. The van der Waals surface area contributed by atoms with Crippen molar-refractivity contribution in [2.45, 2.75) is 32.2 Å². The predicted molar refractivity (Wildman–Crippen MR) is 123 cm³/mol. The lowest BCUT2D eigenvalue weighted by molar-refractivity contribution is 0.370. The fraction of sp³-hybridized carbons (Fsp3) is 0.476. The van der Waals surface area contributed by atoms with Gasteiger partial charge < -0.3 is 15.1 Å². The standard InChI is InChI=1S/C21H31N7O2S/c1-17(2)26-31(29,30)16-19-8-5-4-7-18(19)15-25-20(22-3)27-11-13-28(14-12-27)21-23-9-6-10-24-21/h4-10,17,26H,11-16H2,1-3H3,(H,22,25). The third-order valence-corrected chi connectivity index (χ3v) is 6.46. The molecule has 10 heteroatoms. The Morgan fingerprint density at radius 3 is 2.32 bits per heavy atom. The van der Waals surface area contributed by atoms with Crippen molar-refractivity contribution < 1.29 is 8.42 Å². The quantitative estimate of drug-likeness (QED) is 0.488. The first kappa shape index (κ1) is 23.0. The topological polar surface area (TPSA) is 103 Å². The zero-order chi connectivity index (χ0) is 22.3. The van der Waals surface area contributed by atoms with E-state index >= 15 is 0 Å². The van der Waals surface area contributed by atoms with Crippen molar-refractivity contribution in [3.8, 4) is 0 Å². The monoisotopic (exact) mass is 445 g/mol. The molecule has 168 valence electrons. The van der Waals surface area contributed by atoms with Gasteiger partial charge in [0.15, 0.2) is 5.96 Å². The molecule has 2 aromatic rings. The second kappa shape index (κ2) is 10.5. The molecule has 31 heavy (non-hydrogen) atoms. The molecule has 2 N–H and O–H groups in total. The maximum atomic E-state index is 12.4. The smallest absolute Gasteiger partial charge is 0.225 e. The van der Waals surface area contributed by atoms with Crippen molar-refractivity contribution in [2.24, 2.45) is 4.99 Å². The maximum Gasteiger partial charge on any atom is 0.225 e. The van der Waals surface area contributed by atoms with Crippen LogP contribution in [0.5, 0.6) is 0 Å². The van der Waals surface area contributed by atoms with Crippen LogP contribution in [-0.4, -0.2) is 68.5 Å². The van der Waals surface area contributed by atoms with Crippen LogP contribution in [0.15, 0.2) is 47.7 Å². The Balaban J connectivity index is 1.59. The van der Waals surface area contributed by atoms with Gasteiger partial charge in [-0.1, -0.05) is 24.3 Å². The van der Waals surface area contributed by atoms with E-state index < -0.39 is 10.0 Å². The molecule has 0 amide bonds. The number of aromatic nitrogens is 2. The highest BCUT2D eigenvalue weighted by Gasteiger charge is 2.21. The van der Waals surface area contributed by atoms with Crippen LogP contribution < -0.4 is 14.9 Å². The van der Waals surface area contributed by atoms with Gasteiger partial charge >= 0.3 is 0 Å². The van der Waals surface area contributed by atoms with Gasteiger partial charge in [-0.3, -0.25) is 4.99 Å². The van der Waals surface area contributed by atoms with Crippen molar-refractivity contribution >= 4 is 21.9 Å². The summed E-state index contributed by atoms with van der Waals surface area (Å²) < 4.78 is 27.4. The SMILES string of the molecule is CN=C(NCc1ccccc1CS(=O)(=O)NC(C)C)N1CCN(c2ncccn2)CC1. The lowest BCUT2D eigenvalue weighted by Crippen LogP contribution is -2.52. The van der Waals surface area contributed by atoms with E-state index in [-0.39, 0.29) is 11.8 Å². The summed E-state index contributed by atoms with van der Waals surface area (Å²) in [5.74, 6) is 1.50. The van der Waals surface area contributed by atoms with E-state index in [1.807, 2.05) is 44.2 Å². The van der Waals surface area contributed by atoms with Gasteiger partial charge in [-0.15, -0.1) is 0 Å². The Bertz CT molecular complexity index is 972. The van der Waals surface area contributed by atoms with Crippen molar-refractivity contribution in [3.05, 3.63) is 53.9 Å². The van der Waals surface area contributed by atoms with Gasteiger partial charge in [0.05, 0.1) is 5.75 Å². The summed E-state index contributed by atoms with van der Waals surface area (Å²) in [5.41, 5.74) is 1.72. The summed E-state index contributed by atoms with van der Waals surface area (Å²) in [5, 5.41) is 3.39. The Kier molecular flexibility index (Phi) is 7.80. The Morgan fingerprint density at radius 1 is 1.06 bits per heavy atom. The molecular weight excluding hydrogens is 414 g/mol. The van der Waals surface area contributed by atoms with Crippen LogP contribution >= 0.6 is 0 Å². The van der Waals surface area contributed by atoms with E-state index in [0.717, 1.165) is 49.2 Å². The van der Waals surface area contributed by atoms with Crippen LogP contribution in [0.3, 0.4) is 0 Å². The van der Waals surface area contributed by atoms with Gasteiger partial charge in [0.1, 0.15) is 0 Å². The molecule has 3 rings (SSSR count). The highest BCUT2D eigenvalue weighted by molar-refractivity contribution is 7.88. The summed E-state index contributed by atoms with van der Waals surface area (Å²) in [6, 6.07) is 9.28. The summed E-state index contributed by atoms with van der Waals surface area (Å²) in [6.45, 7) is 7.35. The molecule has 0 bridgehead atoms. The van der Waals surface area contributed by atoms with Crippen LogP contribution in [0.25, 0.3) is 0 Å². The highest BCUT2D eigenvalue weighted by atomic mass is 32.2. The second-order valence-electron chi connectivity index (χ2n) is 7.72. The van der Waals surface area contributed by atoms with Gasteiger partial charge in [-0.25, -0.2) is 23.1 Å². The number of nitrogens with zero attached hydrogens (tertiary/aromatic N) is 5. The summed E-state index contributed by atoms with van der Waals surface area (Å²) in [7, 11) is -1.63. The molecule has 0 aliphatic carbocycles. The van der Waals surface area contributed by atoms with Gasteiger partial charge in [0.25, 0.3) is 0 Å². The minimum Gasteiger partial charge on any atom is -0.352 e. The lowest BCUT2D eigenvalue weighted by atomic mass is 10.1. The van der Waals surface area contributed by atoms with Crippen molar-refractivity contribution in [3.63, 3.8) is 0 Å². The average Bonchev–Trinajstić information content (AvgIpc) is 2.75. The molecule has 0 radical (unpaired) electrons. The van der Waals surface area contributed by atoms with E-state index in [4.69, 9.17) is 0 Å². The largest absolute Gasteiger partial charge is 0.352 e. The minimum atomic E-state index is -3.39. The zero-order valence-corrected chi connectivity index (χ0v) is 19.1. The number of nitrogens with one attached hydrogen (secondary N) is 2. The molecule has 0 saturated carbocycles. The molecular formula is C21H31N7O2S. The number of hydrogen-bond acceptors (Lipinski definition) is 6. The second-order valence-corrected chi connectivity index (χ2v) is 9.48. The van der Waals surface area contributed by atoms with Crippen molar-refractivity contribution in [1.29, 1.82) is 0 Å². The normalized spacial score (nSPS) is 15.4. The van der Waals surface area contributed by atoms with Gasteiger partial charge in [-0.05, 0) is 31.0 Å².